The van der Waals surface area contributed by atoms with Crippen LogP contribution in [0.25, 0.3) is 0 Å². The summed E-state index contributed by atoms with van der Waals surface area (Å²) in [5.74, 6) is 0.480. The van der Waals surface area contributed by atoms with Crippen molar-refractivity contribution in [3.63, 3.8) is 0 Å². The van der Waals surface area contributed by atoms with E-state index in [0.29, 0.717) is 17.8 Å². The SMILES string of the molecule is CC(C)[C@H](SC(C)(C)C)[C@@H](C)NC(=O)OCc1ccccc1. The van der Waals surface area contributed by atoms with E-state index in [1.54, 1.807) is 0 Å². The first kappa shape index (κ1) is 18.9. The summed E-state index contributed by atoms with van der Waals surface area (Å²) in [6.45, 7) is 13.3. The van der Waals surface area contributed by atoms with Crippen LogP contribution in [0.1, 0.15) is 47.1 Å². The maximum atomic E-state index is 12.0. The average Bonchev–Trinajstić information content (AvgIpc) is 2.42. The first-order valence-electron chi connectivity index (χ1n) is 7.84. The molecule has 0 aromatic heterocycles. The number of rotatable bonds is 6. The van der Waals surface area contributed by atoms with Crippen LogP contribution in [0.3, 0.4) is 0 Å². The number of nitrogens with one attached hydrogen (secondary N) is 1. The van der Waals surface area contributed by atoms with Gasteiger partial charge in [0, 0.05) is 16.0 Å². The number of thioether (sulfide) groups is 1. The first-order valence-corrected chi connectivity index (χ1v) is 8.72. The number of amides is 1. The molecule has 1 aromatic rings. The fourth-order valence-electron chi connectivity index (χ4n) is 2.26. The molecule has 0 radical (unpaired) electrons. The average molecular weight is 324 g/mol. The Hall–Kier alpha value is -1.16. The Balaban J connectivity index is 2.50. The van der Waals surface area contributed by atoms with Crippen LogP contribution in [0.5, 0.6) is 0 Å². The van der Waals surface area contributed by atoms with E-state index in [1.165, 1.54) is 0 Å². The summed E-state index contributed by atoms with van der Waals surface area (Å²) in [5.41, 5.74) is 0.995. The molecule has 0 aliphatic rings. The third-order valence-electron chi connectivity index (χ3n) is 3.20. The maximum Gasteiger partial charge on any atom is 0.407 e. The monoisotopic (exact) mass is 323 g/mol. The summed E-state index contributed by atoms with van der Waals surface area (Å²) in [5, 5.41) is 3.32. The van der Waals surface area contributed by atoms with Gasteiger partial charge in [0.1, 0.15) is 6.61 Å². The van der Waals surface area contributed by atoms with Crippen LogP contribution in [0, 0.1) is 5.92 Å². The second kappa shape index (κ2) is 8.47. The van der Waals surface area contributed by atoms with Crippen LogP contribution in [0.2, 0.25) is 0 Å². The summed E-state index contributed by atoms with van der Waals surface area (Å²) in [6.07, 6.45) is -0.350. The summed E-state index contributed by atoms with van der Waals surface area (Å²) in [4.78, 5) is 12.0. The standard InChI is InChI=1S/C18H29NO2S/c1-13(2)16(22-18(4,5)6)14(3)19-17(20)21-12-15-10-8-7-9-11-15/h7-11,13-14,16H,12H2,1-6H3,(H,19,20)/t14-,16+/m1/s1. The molecule has 3 nitrogen and oxygen atoms in total. The Kier molecular flexibility index (Phi) is 7.27. The number of benzene rings is 1. The normalized spacial score (nSPS) is 14.5. The third kappa shape index (κ3) is 7.21. The second-order valence-corrected chi connectivity index (χ2v) is 8.94. The van der Waals surface area contributed by atoms with Crippen LogP contribution < -0.4 is 5.32 Å². The highest BCUT2D eigenvalue weighted by atomic mass is 32.2. The van der Waals surface area contributed by atoms with Gasteiger partial charge in [0.15, 0.2) is 0 Å². The predicted molar refractivity (Wildman–Crippen MR) is 95.2 cm³/mol. The number of ether oxygens (including phenoxy) is 1. The van der Waals surface area contributed by atoms with Crippen molar-refractivity contribution in [2.24, 2.45) is 5.92 Å². The lowest BCUT2D eigenvalue weighted by Gasteiger charge is -2.33. The molecular formula is C18H29NO2S. The van der Waals surface area contributed by atoms with Crippen molar-refractivity contribution in [2.45, 2.75) is 64.2 Å². The Morgan fingerprint density at radius 3 is 2.27 bits per heavy atom. The Labute approximate surface area is 139 Å². The number of carbonyl (C=O) groups excluding carboxylic acids is 1. The van der Waals surface area contributed by atoms with Crippen molar-refractivity contribution < 1.29 is 9.53 Å². The zero-order valence-corrected chi connectivity index (χ0v) is 15.4. The quantitative estimate of drug-likeness (QED) is 0.812. The van der Waals surface area contributed by atoms with Gasteiger partial charge in [-0.3, -0.25) is 0 Å². The van der Waals surface area contributed by atoms with Gasteiger partial charge in [-0.05, 0) is 18.4 Å². The zero-order chi connectivity index (χ0) is 16.8. The summed E-state index contributed by atoms with van der Waals surface area (Å²) in [6, 6.07) is 9.78. The minimum Gasteiger partial charge on any atom is -0.445 e. The van der Waals surface area contributed by atoms with Gasteiger partial charge >= 0.3 is 6.09 Å². The highest BCUT2D eigenvalue weighted by Crippen LogP contribution is 2.33. The van der Waals surface area contributed by atoms with E-state index in [-0.39, 0.29) is 16.9 Å². The molecule has 0 fully saturated rings. The first-order chi connectivity index (χ1) is 10.2. The molecule has 0 saturated heterocycles. The molecule has 4 heteroatoms. The van der Waals surface area contributed by atoms with E-state index in [0.717, 1.165) is 5.56 Å². The van der Waals surface area contributed by atoms with Gasteiger partial charge in [-0.25, -0.2) is 4.79 Å². The van der Waals surface area contributed by atoms with Gasteiger partial charge in [-0.2, -0.15) is 11.8 Å². The van der Waals surface area contributed by atoms with Crippen LogP contribution in [-0.4, -0.2) is 22.1 Å². The van der Waals surface area contributed by atoms with E-state index in [2.05, 4.69) is 39.9 Å². The van der Waals surface area contributed by atoms with Crippen LogP contribution in [-0.2, 0) is 11.3 Å². The van der Waals surface area contributed by atoms with Gasteiger partial charge in [0.05, 0.1) is 0 Å². The van der Waals surface area contributed by atoms with E-state index < -0.39 is 0 Å². The fraction of sp³-hybridized carbons (Fsp3) is 0.611. The Bertz CT molecular complexity index is 454. The van der Waals surface area contributed by atoms with Crippen molar-refractivity contribution in [3.05, 3.63) is 35.9 Å². The minimum atomic E-state index is -0.350. The highest BCUT2D eigenvalue weighted by molar-refractivity contribution is 8.01. The lowest BCUT2D eigenvalue weighted by Crippen LogP contribution is -2.43. The zero-order valence-electron chi connectivity index (χ0n) is 14.6. The van der Waals surface area contributed by atoms with Crippen LogP contribution in [0.4, 0.5) is 4.79 Å². The second-order valence-electron chi connectivity index (χ2n) is 6.93. The molecular weight excluding hydrogens is 294 g/mol. The van der Waals surface area contributed by atoms with Gasteiger partial charge in [0.2, 0.25) is 0 Å². The summed E-state index contributed by atoms with van der Waals surface area (Å²) in [7, 11) is 0. The number of hydrogen-bond acceptors (Lipinski definition) is 3. The molecule has 0 aliphatic carbocycles. The van der Waals surface area contributed by atoms with E-state index in [4.69, 9.17) is 4.74 Å². The number of carbonyl (C=O) groups is 1. The van der Waals surface area contributed by atoms with Crippen molar-refractivity contribution >= 4 is 17.9 Å². The number of alkyl carbamates (subject to hydrolysis) is 1. The molecule has 0 unspecified atom stereocenters. The van der Waals surface area contributed by atoms with Crippen molar-refractivity contribution in [3.8, 4) is 0 Å². The third-order valence-corrected chi connectivity index (χ3v) is 5.13. The molecule has 2 atom stereocenters. The molecule has 0 aliphatic heterocycles. The van der Waals surface area contributed by atoms with E-state index in [1.807, 2.05) is 49.0 Å². The van der Waals surface area contributed by atoms with E-state index in [9.17, 15) is 4.79 Å². The lowest BCUT2D eigenvalue weighted by atomic mass is 10.0. The van der Waals surface area contributed by atoms with Crippen molar-refractivity contribution in [1.82, 2.24) is 5.32 Å². The topological polar surface area (TPSA) is 38.3 Å². The van der Waals surface area contributed by atoms with Gasteiger partial charge in [-0.15, -0.1) is 0 Å². The van der Waals surface area contributed by atoms with Crippen LogP contribution in [0.15, 0.2) is 30.3 Å². The molecule has 124 valence electrons. The largest absolute Gasteiger partial charge is 0.445 e. The Morgan fingerprint density at radius 1 is 1.18 bits per heavy atom. The van der Waals surface area contributed by atoms with Crippen LogP contribution >= 0.6 is 11.8 Å². The lowest BCUT2D eigenvalue weighted by molar-refractivity contribution is 0.135. The molecule has 0 heterocycles. The molecule has 0 bridgehead atoms. The molecule has 1 amide bonds. The molecule has 0 saturated carbocycles. The molecule has 0 spiro atoms. The molecule has 1 rings (SSSR count). The molecule has 1 aromatic carbocycles. The van der Waals surface area contributed by atoms with E-state index >= 15 is 0 Å². The molecule has 1 N–H and O–H groups in total. The Morgan fingerprint density at radius 2 is 1.77 bits per heavy atom. The van der Waals surface area contributed by atoms with Gasteiger partial charge in [-0.1, -0.05) is 65.0 Å². The highest BCUT2D eigenvalue weighted by Gasteiger charge is 2.28. The minimum absolute atomic E-state index is 0.0625. The number of hydrogen-bond donors (Lipinski definition) is 1. The predicted octanol–water partition coefficient (Wildman–Crippen LogP) is 4.86. The maximum absolute atomic E-state index is 12.0. The van der Waals surface area contributed by atoms with Crippen molar-refractivity contribution in [1.29, 1.82) is 0 Å². The molecule has 22 heavy (non-hydrogen) atoms. The van der Waals surface area contributed by atoms with Gasteiger partial charge < -0.3 is 10.1 Å². The van der Waals surface area contributed by atoms with Crippen molar-refractivity contribution in [2.75, 3.05) is 0 Å². The smallest absolute Gasteiger partial charge is 0.407 e. The summed E-state index contributed by atoms with van der Waals surface area (Å²) < 4.78 is 5.46. The van der Waals surface area contributed by atoms with Gasteiger partial charge in [0.25, 0.3) is 0 Å². The fourth-order valence-corrected chi connectivity index (χ4v) is 3.62. The summed E-state index contributed by atoms with van der Waals surface area (Å²) >= 11 is 1.90.